The highest BCUT2D eigenvalue weighted by Crippen LogP contribution is 2.31. The summed E-state index contributed by atoms with van der Waals surface area (Å²) in [4.78, 5) is 10.8. The zero-order chi connectivity index (χ0) is 15.8. The average Bonchev–Trinajstić information content (AvgIpc) is 2.82. The summed E-state index contributed by atoms with van der Waals surface area (Å²) in [5, 5.41) is 8.90. The van der Waals surface area contributed by atoms with Gasteiger partial charge < -0.3 is 9.52 Å². The predicted octanol–water partition coefficient (Wildman–Crippen LogP) is 2.49. The first-order chi connectivity index (χ1) is 9.73. The summed E-state index contributed by atoms with van der Waals surface area (Å²) in [6.07, 6.45) is 3.68. The summed E-state index contributed by atoms with van der Waals surface area (Å²) in [7, 11) is -2.16. The molecule has 0 radical (unpaired) electrons. The number of sulfonamides is 1. The lowest BCUT2D eigenvalue weighted by Crippen LogP contribution is -2.39. The molecule has 1 aliphatic rings. The van der Waals surface area contributed by atoms with Gasteiger partial charge in [0.1, 0.15) is 10.7 Å². The van der Waals surface area contributed by atoms with Crippen molar-refractivity contribution in [3.63, 3.8) is 0 Å². The Morgan fingerprint density at radius 1 is 1.33 bits per heavy atom. The summed E-state index contributed by atoms with van der Waals surface area (Å²) >= 11 is 0. The van der Waals surface area contributed by atoms with E-state index in [1.807, 2.05) is 0 Å². The van der Waals surface area contributed by atoms with Crippen molar-refractivity contribution in [1.82, 2.24) is 4.31 Å². The van der Waals surface area contributed by atoms with E-state index < -0.39 is 16.0 Å². The molecule has 1 aliphatic carbocycles. The number of aryl methyl sites for hydroxylation is 1. The second-order valence-corrected chi connectivity index (χ2v) is 7.74. The molecule has 21 heavy (non-hydrogen) atoms. The Hall–Kier alpha value is -1.34. The molecule has 1 saturated carbocycles. The fourth-order valence-electron chi connectivity index (χ4n) is 2.78. The van der Waals surface area contributed by atoms with Gasteiger partial charge in [-0.1, -0.05) is 6.92 Å². The van der Waals surface area contributed by atoms with Crippen molar-refractivity contribution < 1.29 is 22.7 Å². The minimum atomic E-state index is -3.72. The van der Waals surface area contributed by atoms with E-state index in [2.05, 4.69) is 6.92 Å². The molecule has 1 fully saturated rings. The van der Waals surface area contributed by atoms with Gasteiger partial charge in [0.15, 0.2) is 0 Å². The summed E-state index contributed by atoms with van der Waals surface area (Å²) in [5.41, 5.74) is 0. The van der Waals surface area contributed by atoms with Gasteiger partial charge in [-0.25, -0.2) is 13.2 Å². The Kier molecular flexibility index (Phi) is 4.43. The molecule has 0 saturated heterocycles. The molecule has 2 rings (SSSR count). The monoisotopic (exact) mass is 315 g/mol. The van der Waals surface area contributed by atoms with E-state index in [-0.39, 0.29) is 22.5 Å². The van der Waals surface area contributed by atoms with Crippen molar-refractivity contribution in [3.05, 3.63) is 17.6 Å². The molecule has 1 heterocycles. The minimum absolute atomic E-state index is 0.0335. The van der Waals surface area contributed by atoms with Crippen LogP contribution in [0.2, 0.25) is 0 Å². The van der Waals surface area contributed by atoms with Gasteiger partial charge in [0.25, 0.3) is 0 Å². The van der Waals surface area contributed by atoms with Crippen LogP contribution in [0.1, 0.15) is 48.9 Å². The van der Waals surface area contributed by atoms with E-state index in [0.717, 1.165) is 31.7 Å². The van der Waals surface area contributed by atoms with E-state index in [4.69, 9.17) is 9.52 Å². The molecule has 1 aromatic heterocycles. The number of nitrogens with zero attached hydrogens (tertiary/aromatic N) is 1. The van der Waals surface area contributed by atoms with Crippen LogP contribution in [0.3, 0.4) is 0 Å². The third kappa shape index (κ3) is 3.13. The first-order valence-corrected chi connectivity index (χ1v) is 8.49. The molecule has 1 N–H and O–H groups in total. The van der Waals surface area contributed by atoms with Crippen LogP contribution in [0.25, 0.3) is 0 Å². The molecule has 0 aliphatic heterocycles. The van der Waals surface area contributed by atoms with Crippen LogP contribution in [0.5, 0.6) is 0 Å². The third-order valence-electron chi connectivity index (χ3n) is 4.24. The first kappa shape index (κ1) is 16.0. The van der Waals surface area contributed by atoms with Crippen LogP contribution in [-0.4, -0.2) is 36.9 Å². The molecule has 1 aromatic rings. The summed E-state index contributed by atoms with van der Waals surface area (Å²) in [6, 6.07) is 1.06. The van der Waals surface area contributed by atoms with Crippen molar-refractivity contribution >= 4 is 16.0 Å². The van der Waals surface area contributed by atoms with Gasteiger partial charge in [-0.05, 0) is 38.5 Å². The third-order valence-corrected chi connectivity index (χ3v) is 6.26. The number of hydrogen-bond acceptors (Lipinski definition) is 4. The van der Waals surface area contributed by atoms with Gasteiger partial charge in [-0.15, -0.1) is 0 Å². The molecule has 7 heteroatoms. The fraction of sp³-hybridized carbons (Fsp3) is 0.643. The van der Waals surface area contributed by atoms with E-state index in [1.165, 1.54) is 11.2 Å². The zero-order valence-corrected chi connectivity index (χ0v) is 13.3. The predicted molar refractivity (Wildman–Crippen MR) is 76.8 cm³/mol. The molecule has 6 nitrogen and oxygen atoms in total. The summed E-state index contributed by atoms with van der Waals surface area (Å²) in [6.45, 7) is 3.64. The van der Waals surface area contributed by atoms with E-state index in [9.17, 15) is 13.2 Å². The molecular weight excluding hydrogens is 294 g/mol. The molecule has 0 spiro atoms. The van der Waals surface area contributed by atoms with Crippen molar-refractivity contribution in [3.8, 4) is 0 Å². The van der Waals surface area contributed by atoms with Crippen LogP contribution >= 0.6 is 0 Å². The van der Waals surface area contributed by atoms with Crippen LogP contribution in [0.15, 0.2) is 15.4 Å². The Morgan fingerprint density at radius 3 is 2.38 bits per heavy atom. The lowest BCUT2D eigenvalue weighted by molar-refractivity contribution is 0.0661. The number of carbonyl (C=O) groups is 1. The highest BCUT2D eigenvalue weighted by atomic mass is 32.2. The van der Waals surface area contributed by atoms with Gasteiger partial charge in [0.2, 0.25) is 15.8 Å². The summed E-state index contributed by atoms with van der Waals surface area (Å²) < 4.78 is 31.7. The smallest absolute Gasteiger partial charge is 0.371 e. The molecule has 118 valence electrons. The minimum Gasteiger partial charge on any atom is -0.475 e. The first-order valence-electron chi connectivity index (χ1n) is 7.05. The van der Waals surface area contributed by atoms with Crippen LogP contribution in [0, 0.1) is 12.8 Å². The van der Waals surface area contributed by atoms with Crippen molar-refractivity contribution in [2.45, 2.75) is 50.5 Å². The van der Waals surface area contributed by atoms with Crippen LogP contribution in [-0.2, 0) is 10.0 Å². The number of furan rings is 1. The Bertz CT molecular complexity index is 626. The standard InChI is InChI=1S/C14H21NO5S/c1-9-4-6-11(7-5-9)15(3)21(18,19)13-8-12(14(16)17)20-10(13)2/h8-9,11H,4-7H2,1-3H3,(H,16,17). The van der Waals surface area contributed by atoms with Crippen LogP contribution in [0.4, 0.5) is 0 Å². The molecule has 0 amide bonds. The molecule has 0 bridgehead atoms. The summed E-state index contributed by atoms with van der Waals surface area (Å²) in [5.74, 6) is -0.875. The van der Waals surface area contributed by atoms with Crippen molar-refractivity contribution in [1.29, 1.82) is 0 Å². The Labute approximate surface area is 124 Å². The number of carboxylic acids is 1. The molecule has 0 unspecified atom stereocenters. The Balaban J connectivity index is 2.27. The maximum Gasteiger partial charge on any atom is 0.371 e. The lowest BCUT2D eigenvalue weighted by Gasteiger charge is -2.32. The molecule has 0 atom stereocenters. The van der Waals surface area contributed by atoms with Crippen LogP contribution < -0.4 is 0 Å². The lowest BCUT2D eigenvalue weighted by atomic mass is 9.87. The zero-order valence-electron chi connectivity index (χ0n) is 12.5. The second-order valence-electron chi connectivity index (χ2n) is 5.77. The highest BCUT2D eigenvalue weighted by molar-refractivity contribution is 7.89. The largest absolute Gasteiger partial charge is 0.475 e. The Morgan fingerprint density at radius 2 is 1.90 bits per heavy atom. The average molecular weight is 315 g/mol. The second kappa shape index (κ2) is 5.81. The van der Waals surface area contributed by atoms with E-state index in [0.29, 0.717) is 5.92 Å². The highest BCUT2D eigenvalue weighted by Gasteiger charge is 2.33. The van der Waals surface area contributed by atoms with E-state index in [1.54, 1.807) is 7.05 Å². The van der Waals surface area contributed by atoms with E-state index >= 15 is 0 Å². The number of carboxylic acid groups (broad SMARTS) is 1. The quantitative estimate of drug-likeness (QED) is 0.922. The maximum absolute atomic E-state index is 12.6. The number of hydrogen-bond donors (Lipinski definition) is 1. The van der Waals surface area contributed by atoms with Gasteiger partial charge >= 0.3 is 5.97 Å². The molecular formula is C14H21NO5S. The van der Waals surface area contributed by atoms with Gasteiger partial charge in [0, 0.05) is 19.2 Å². The van der Waals surface area contributed by atoms with Crippen molar-refractivity contribution in [2.75, 3.05) is 7.05 Å². The number of rotatable bonds is 4. The topological polar surface area (TPSA) is 87.8 Å². The van der Waals surface area contributed by atoms with Gasteiger partial charge in [0.05, 0.1) is 0 Å². The fourth-order valence-corrected chi connectivity index (χ4v) is 4.36. The van der Waals surface area contributed by atoms with Gasteiger partial charge in [-0.2, -0.15) is 4.31 Å². The van der Waals surface area contributed by atoms with Crippen molar-refractivity contribution in [2.24, 2.45) is 5.92 Å². The maximum atomic E-state index is 12.6. The SMILES string of the molecule is Cc1oc(C(=O)O)cc1S(=O)(=O)N(C)C1CCC(C)CC1. The van der Waals surface area contributed by atoms with Gasteiger partial charge in [-0.3, -0.25) is 0 Å². The normalized spacial score (nSPS) is 23.4. The molecule has 0 aromatic carbocycles. The number of aromatic carboxylic acids is 1.